The SMILES string of the molecule is CC(C)(O)COCC(C)(C)Nc1cc(-c2ccncc2)nc2cnccc12. The van der Waals surface area contributed by atoms with Gasteiger partial charge < -0.3 is 15.2 Å². The molecule has 0 amide bonds. The first-order valence-corrected chi connectivity index (χ1v) is 8.97. The highest BCUT2D eigenvalue weighted by atomic mass is 16.5. The number of anilines is 1. The molecule has 0 aliphatic rings. The van der Waals surface area contributed by atoms with E-state index < -0.39 is 5.60 Å². The highest BCUT2D eigenvalue weighted by Crippen LogP contribution is 2.29. The zero-order valence-electron chi connectivity index (χ0n) is 16.2. The number of ether oxygens (including phenoxy) is 1. The molecule has 0 aliphatic carbocycles. The van der Waals surface area contributed by atoms with E-state index in [2.05, 4.69) is 29.1 Å². The van der Waals surface area contributed by atoms with Crippen molar-refractivity contribution in [1.82, 2.24) is 15.0 Å². The second kappa shape index (κ2) is 7.58. The Morgan fingerprint density at radius 2 is 1.70 bits per heavy atom. The standard InChI is InChI=1S/C21H26N4O2/c1-20(2,13-27-14-21(3,4)26)25-18-11-17(15-5-8-22-9-6-15)24-19-12-23-10-7-16(18)19/h5-12,26H,13-14H2,1-4H3,(H,24,25). The molecule has 0 bridgehead atoms. The van der Waals surface area contributed by atoms with E-state index in [9.17, 15) is 5.11 Å². The number of aromatic nitrogens is 3. The van der Waals surface area contributed by atoms with Crippen LogP contribution in [0.25, 0.3) is 22.2 Å². The fourth-order valence-electron chi connectivity index (χ4n) is 2.81. The summed E-state index contributed by atoms with van der Waals surface area (Å²) in [5, 5.41) is 14.4. The Labute approximate surface area is 159 Å². The van der Waals surface area contributed by atoms with Gasteiger partial charge in [0.15, 0.2) is 0 Å². The summed E-state index contributed by atoms with van der Waals surface area (Å²) in [4.78, 5) is 13.0. The van der Waals surface area contributed by atoms with Crippen LogP contribution < -0.4 is 5.32 Å². The summed E-state index contributed by atoms with van der Waals surface area (Å²) in [6.45, 7) is 8.33. The molecule has 0 spiro atoms. The molecule has 3 rings (SSSR count). The fourth-order valence-corrected chi connectivity index (χ4v) is 2.81. The Bertz CT molecular complexity index is 905. The number of hydrogen-bond donors (Lipinski definition) is 2. The van der Waals surface area contributed by atoms with E-state index in [0.717, 1.165) is 27.8 Å². The second-order valence-corrected chi connectivity index (χ2v) is 8.00. The van der Waals surface area contributed by atoms with Gasteiger partial charge in [0.1, 0.15) is 0 Å². The summed E-state index contributed by atoms with van der Waals surface area (Å²) < 4.78 is 5.71. The fraction of sp³-hybridized carbons (Fsp3) is 0.381. The Hall–Kier alpha value is -2.57. The van der Waals surface area contributed by atoms with Crippen LogP contribution >= 0.6 is 0 Å². The minimum atomic E-state index is -0.848. The average molecular weight is 366 g/mol. The molecule has 2 N–H and O–H groups in total. The highest BCUT2D eigenvalue weighted by molar-refractivity contribution is 5.93. The second-order valence-electron chi connectivity index (χ2n) is 8.00. The predicted octanol–water partition coefficient (Wildman–Crippen LogP) is 3.67. The molecule has 3 aromatic rings. The third-order valence-electron chi connectivity index (χ3n) is 3.98. The van der Waals surface area contributed by atoms with Crippen molar-refractivity contribution in [3.05, 3.63) is 49.1 Å². The van der Waals surface area contributed by atoms with Gasteiger partial charge in [-0.2, -0.15) is 0 Å². The van der Waals surface area contributed by atoms with Gasteiger partial charge in [0.25, 0.3) is 0 Å². The Morgan fingerprint density at radius 1 is 1.00 bits per heavy atom. The molecule has 142 valence electrons. The smallest absolute Gasteiger partial charge is 0.0913 e. The molecule has 0 unspecified atom stereocenters. The van der Waals surface area contributed by atoms with Crippen LogP contribution in [-0.2, 0) is 4.74 Å². The van der Waals surface area contributed by atoms with E-state index >= 15 is 0 Å². The first-order chi connectivity index (χ1) is 12.7. The first-order valence-electron chi connectivity index (χ1n) is 8.97. The largest absolute Gasteiger partial charge is 0.388 e. The van der Waals surface area contributed by atoms with Gasteiger partial charge >= 0.3 is 0 Å². The van der Waals surface area contributed by atoms with Gasteiger partial charge in [-0.05, 0) is 52.0 Å². The number of fused-ring (bicyclic) bond motifs is 1. The van der Waals surface area contributed by atoms with Crippen molar-refractivity contribution in [3.63, 3.8) is 0 Å². The van der Waals surface area contributed by atoms with Gasteiger partial charge in [-0.3, -0.25) is 9.97 Å². The van der Waals surface area contributed by atoms with Gasteiger partial charge in [0.05, 0.1) is 41.8 Å². The molecule has 0 saturated carbocycles. The van der Waals surface area contributed by atoms with Gasteiger partial charge in [-0.25, -0.2) is 4.98 Å². The lowest BCUT2D eigenvalue weighted by atomic mass is 10.0. The minimum absolute atomic E-state index is 0.279. The minimum Gasteiger partial charge on any atom is -0.388 e. The molecular formula is C21H26N4O2. The Kier molecular flexibility index (Phi) is 5.39. The predicted molar refractivity (Wildman–Crippen MR) is 108 cm³/mol. The number of aliphatic hydroxyl groups is 1. The zero-order valence-corrected chi connectivity index (χ0v) is 16.2. The maximum atomic E-state index is 9.84. The number of nitrogens with zero attached hydrogens (tertiary/aromatic N) is 3. The molecule has 3 heterocycles. The van der Waals surface area contributed by atoms with Gasteiger partial charge in [0.2, 0.25) is 0 Å². The molecule has 0 saturated heterocycles. The summed E-state index contributed by atoms with van der Waals surface area (Å²) in [5.41, 5.74) is 2.45. The summed E-state index contributed by atoms with van der Waals surface area (Å²) in [6.07, 6.45) is 7.04. The van der Waals surface area contributed by atoms with Crippen molar-refractivity contribution in [2.45, 2.75) is 38.8 Å². The van der Waals surface area contributed by atoms with Crippen molar-refractivity contribution in [2.24, 2.45) is 0 Å². The summed E-state index contributed by atoms with van der Waals surface area (Å²) >= 11 is 0. The number of hydrogen-bond acceptors (Lipinski definition) is 6. The van der Waals surface area contributed by atoms with Crippen molar-refractivity contribution in [3.8, 4) is 11.3 Å². The molecular weight excluding hydrogens is 340 g/mol. The molecule has 0 radical (unpaired) electrons. The van der Waals surface area contributed by atoms with Gasteiger partial charge in [0, 0.05) is 35.2 Å². The molecule has 0 aliphatic heterocycles. The maximum Gasteiger partial charge on any atom is 0.0913 e. The van der Waals surface area contributed by atoms with E-state index in [1.54, 1.807) is 38.6 Å². The van der Waals surface area contributed by atoms with Crippen LogP contribution in [0, 0.1) is 0 Å². The van der Waals surface area contributed by atoms with E-state index in [1.807, 2.05) is 24.3 Å². The zero-order chi connectivity index (χ0) is 19.5. The van der Waals surface area contributed by atoms with Crippen LogP contribution in [0.2, 0.25) is 0 Å². The van der Waals surface area contributed by atoms with Crippen LogP contribution in [0.1, 0.15) is 27.7 Å². The quantitative estimate of drug-likeness (QED) is 0.664. The third kappa shape index (κ3) is 5.21. The monoisotopic (exact) mass is 366 g/mol. The Balaban J connectivity index is 1.90. The van der Waals surface area contributed by atoms with Crippen LogP contribution in [-0.4, -0.2) is 44.4 Å². The molecule has 27 heavy (non-hydrogen) atoms. The number of rotatable bonds is 7. The number of pyridine rings is 3. The molecule has 0 aromatic carbocycles. The molecule has 6 heteroatoms. The summed E-state index contributed by atoms with van der Waals surface area (Å²) in [5.74, 6) is 0. The average Bonchev–Trinajstić information content (AvgIpc) is 2.60. The van der Waals surface area contributed by atoms with Crippen LogP contribution in [0.3, 0.4) is 0 Å². The normalized spacial score (nSPS) is 12.3. The lowest BCUT2D eigenvalue weighted by molar-refractivity contribution is -0.0289. The molecule has 6 nitrogen and oxygen atoms in total. The molecule has 0 fully saturated rings. The Morgan fingerprint density at radius 3 is 2.41 bits per heavy atom. The van der Waals surface area contributed by atoms with Crippen LogP contribution in [0.5, 0.6) is 0 Å². The van der Waals surface area contributed by atoms with E-state index in [0.29, 0.717) is 6.61 Å². The maximum absolute atomic E-state index is 9.84. The van der Waals surface area contributed by atoms with E-state index in [4.69, 9.17) is 9.72 Å². The lowest BCUT2D eigenvalue weighted by Gasteiger charge is -2.29. The van der Waals surface area contributed by atoms with E-state index in [-0.39, 0.29) is 12.1 Å². The first kappa shape index (κ1) is 19.2. The van der Waals surface area contributed by atoms with Crippen molar-refractivity contribution in [1.29, 1.82) is 0 Å². The van der Waals surface area contributed by atoms with Gasteiger partial charge in [-0.1, -0.05) is 0 Å². The molecule has 0 atom stereocenters. The lowest BCUT2D eigenvalue weighted by Crippen LogP contribution is -2.38. The van der Waals surface area contributed by atoms with Crippen LogP contribution in [0.15, 0.2) is 49.1 Å². The van der Waals surface area contributed by atoms with Crippen molar-refractivity contribution in [2.75, 3.05) is 18.5 Å². The van der Waals surface area contributed by atoms with Crippen molar-refractivity contribution < 1.29 is 9.84 Å². The summed E-state index contributed by atoms with van der Waals surface area (Å²) in [7, 11) is 0. The van der Waals surface area contributed by atoms with Crippen LogP contribution in [0.4, 0.5) is 5.69 Å². The molecule has 3 aromatic heterocycles. The topological polar surface area (TPSA) is 80.2 Å². The summed E-state index contributed by atoms with van der Waals surface area (Å²) in [6, 6.07) is 7.86. The highest BCUT2D eigenvalue weighted by Gasteiger charge is 2.22. The van der Waals surface area contributed by atoms with Crippen molar-refractivity contribution >= 4 is 16.6 Å². The van der Waals surface area contributed by atoms with E-state index in [1.165, 1.54) is 0 Å². The third-order valence-corrected chi connectivity index (χ3v) is 3.98. The number of nitrogens with one attached hydrogen (secondary N) is 1. The van der Waals surface area contributed by atoms with Gasteiger partial charge in [-0.15, -0.1) is 0 Å².